The average Bonchev–Trinajstić information content (AvgIpc) is 2.40. The maximum atomic E-state index is 11.7. The molecule has 0 heterocycles. The van der Waals surface area contributed by atoms with Crippen molar-refractivity contribution in [2.24, 2.45) is 0 Å². The van der Waals surface area contributed by atoms with Crippen LogP contribution in [-0.2, 0) is 19.1 Å². The van der Waals surface area contributed by atoms with Gasteiger partial charge in [0.1, 0.15) is 6.10 Å². The summed E-state index contributed by atoms with van der Waals surface area (Å²) in [7, 11) is 0. The van der Waals surface area contributed by atoms with E-state index in [1.807, 2.05) is 6.07 Å². The number of esters is 2. The van der Waals surface area contributed by atoms with Gasteiger partial charge in [-0.15, -0.1) is 0 Å². The maximum Gasteiger partial charge on any atom is 0.482 e. The van der Waals surface area contributed by atoms with Gasteiger partial charge in [-0.2, -0.15) is 4.79 Å². The molecule has 0 saturated carbocycles. The first kappa shape index (κ1) is 14.6. The molecule has 0 radical (unpaired) electrons. The highest BCUT2D eigenvalue weighted by molar-refractivity contribution is 6.60. The molecule has 1 unspecified atom stereocenters. The smallest absolute Gasteiger partial charge is 0.457 e. The number of hydrogen-bond acceptors (Lipinski definition) is 4. The van der Waals surface area contributed by atoms with Crippen molar-refractivity contribution < 1.29 is 23.9 Å². The predicted molar refractivity (Wildman–Crippen MR) is 66.2 cm³/mol. The van der Waals surface area contributed by atoms with Gasteiger partial charge in [0.15, 0.2) is 0 Å². The molecule has 0 aliphatic rings. The van der Waals surface area contributed by atoms with Crippen LogP contribution in [0.4, 0.5) is 0 Å². The Labute approximate surface area is 110 Å². The predicted octanol–water partition coefficient (Wildman–Crippen LogP) is 1.52. The highest BCUT2D eigenvalue weighted by atomic mass is 16.6. The molecule has 0 amide bonds. The van der Waals surface area contributed by atoms with Gasteiger partial charge in [-0.05, 0) is 19.4 Å². The van der Waals surface area contributed by atoms with E-state index in [4.69, 9.17) is 10.3 Å². The summed E-state index contributed by atoms with van der Waals surface area (Å²) in [6, 6.07) is 8.98. The largest absolute Gasteiger partial charge is 0.482 e. The van der Waals surface area contributed by atoms with E-state index in [-0.39, 0.29) is 6.61 Å². The van der Waals surface area contributed by atoms with Gasteiger partial charge in [0, 0.05) is 0 Å². The van der Waals surface area contributed by atoms with Crippen molar-refractivity contribution in [1.29, 1.82) is 0 Å². The van der Waals surface area contributed by atoms with Crippen LogP contribution in [0, 0.1) is 0 Å². The number of hydrogen-bond donors (Lipinski definition) is 0. The summed E-state index contributed by atoms with van der Waals surface area (Å²) in [5, 5.41) is 0. The Morgan fingerprint density at radius 3 is 2.42 bits per heavy atom. The van der Waals surface area contributed by atoms with Crippen molar-refractivity contribution in [3.8, 4) is 0 Å². The van der Waals surface area contributed by atoms with Gasteiger partial charge in [-0.3, -0.25) is 0 Å². The summed E-state index contributed by atoms with van der Waals surface area (Å²) >= 11 is 0. The molecule has 1 atom stereocenters. The Morgan fingerprint density at radius 1 is 1.26 bits per heavy atom. The normalized spacial score (nSPS) is 11.1. The number of benzene rings is 1. The fourth-order valence-electron chi connectivity index (χ4n) is 1.37. The molecule has 0 bridgehead atoms. The highest BCUT2D eigenvalue weighted by Crippen LogP contribution is 2.16. The number of ether oxygens (including phenoxy) is 2. The minimum Gasteiger partial charge on any atom is -0.457 e. The lowest BCUT2D eigenvalue weighted by Gasteiger charge is -2.11. The van der Waals surface area contributed by atoms with Gasteiger partial charge in [-0.1, -0.05) is 30.3 Å². The minimum atomic E-state index is -1.03. The number of carbonyl (C=O) groups is 2. The molecular formula is C13H14N2O4. The van der Waals surface area contributed by atoms with E-state index in [0.29, 0.717) is 0 Å². The van der Waals surface area contributed by atoms with Crippen LogP contribution in [0.5, 0.6) is 0 Å². The summed E-state index contributed by atoms with van der Waals surface area (Å²) in [4.78, 5) is 25.6. The molecule has 1 aromatic rings. The summed E-state index contributed by atoms with van der Waals surface area (Å²) in [5.41, 5.74) is 8.65. The Kier molecular flexibility index (Phi) is 5.44. The molecule has 0 saturated heterocycles. The van der Waals surface area contributed by atoms with Crippen molar-refractivity contribution in [3.63, 3.8) is 0 Å². The highest BCUT2D eigenvalue weighted by Gasteiger charge is 2.34. The molecule has 1 aromatic carbocycles. The molecule has 0 fully saturated rings. The molecule has 6 nitrogen and oxygen atoms in total. The molecule has 0 aliphatic heterocycles. The molecule has 0 aromatic heterocycles. The first-order chi connectivity index (χ1) is 9.10. The third-order valence-corrected chi connectivity index (χ3v) is 2.31. The van der Waals surface area contributed by atoms with Gasteiger partial charge >= 0.3 is 17.7 Å². The Balaban J connectivity index is 2.74. The Hall–Kier alpha value is -2.46. The molecule has 0 spiro atoms. The molecule has 0 N–H and O–H groups in total. The quantitative estimate of drug-likeness (QED) is 0.264. The van der Waals surface area contributed by atoms with Crippen molar-refractivity contribution in [1.82, 2.24) is 0 Å². The second kappa shape index (κ2) is 7.08. The summed E-state index contributed by atoms with van der Waals surface area (Å²) < 4.78 is 9.60. The zero-order valence-corrected chi connectivity index (χ0v) is 10.7. The van der Waals surface area contributed by atoms with Gasteiger partial charge in [0.2, 0.25) is 0 Å². The molecule has 6 heteroatoms. The third-order valence-electron chi connectivity index (χ3n) is 2.31. The summed E-state index contributed by atoms with van der Waals surface area (Å²) in [6.07, 6.45) is -0.570. The first-order valence-electron chi connectivity index (χ1n) is 5.75. The third kappa shape index (κ3) is 4.04. The zero-order chi connectivity index (χ0) is 14.3. The molecular weight excluding hydrogens is 248 g/mol. The second-order valence-corrected chi connectivity index (χ2v) is 3.63. The van der Waals surface area contributed by atoms with Crippen LogP contribution in [0.3, 0.4) is 0 Å². The van der Waals surface area contributed by atoms with Gasteiger partial charge in [0.05, 0.1) is 6.61 Å². The van der Waals surface area contributed by atoms with Crippen molar-refractivity contribution in [2.75, 3.05) is 6.61 Å². The van der Waals surface area contributed by atoms with E-state index in [9.17, 15) is 9.59 Å². The van der Waals surface area contributed by atoms with Crippen molar-refractivity contribution in [2.45, 2.75) is 20.0 Å². The zero-order valence-electron chi connectivity index (χ0n) is 10.7. The lowest BCUT2D eigenvalue weighted by atomic mass is 10.1. The number of nitrogens with zero attached hydrogens (tertiary/aromatic N) is 2. The second-order valence-electron chi connectivity index (χ2n) is 3.63. The van der Waals surface area contributed by atoms with Crippen molar-refractivity contribution in [3.05, 3.63) is 41.4 Å². The first-order valence-corrected chi connectivity index (χ1v) is 5.75. The van der Waals surface area contributed by atoms with Crippen LogP contribution >= 0.6 is 0 Å². The average molecular weight is 262 g/mol. The summed E-state index contributed by atoms with van der Waals surface area (Å²) in [5.74, 6) is -2.05. The fourth-order valence-corrected chi connectivity index (χ4v) is 1.37. The Morgan fingerprint density at radius 2 is 1.89 bits per heavy atom. The van der Waals surface area contributed by atoms with E-state index in [1.54, 1.807) is 38.1 Å². The van der Waals surface area contributed by atoms with E-state index in [2.05, 4.69) is 9.53 Å². The molecule has 19 heavy (non-hydrogen) atoms. The van der Waals surface area contributed by atoms with Crippen LogP contribution in [0.2, 0.25) is 0 Å². The minimum absolute atomic E-state index is 0.0688. The number of rotatable bonds is 5. The van der Waals surface area contributed by atoms with E-state index in [1.165, 1.54) is 0 Å². The number of carbonyl (C=O) groups excluding carboxylic acids is 2. The molecule has 100 valence electrons. The molecule has 1 rings (SSSR count). The fraction of sp³-hybridized carbons (Fsp3) is 0.308. The van der Waals surface area contributed by atoms with Crippen molar-refractivity contribution >= 4 is 17.7 Å². The van der Waals surface area contributed by atoms with Crippen LogP contribution in [0.1, 0.15) is 25.5 Å². The van der Waals surface area contributed by atoms with Crippen LogP contribution < -0.4 is 0 Å². The van der Waals surface area contributed by atoms with Gasteiger partial charge < -0.3 is 15.0 Å². The molecule has 0 aliphatic carbocycles. The van der Waals surface area contributed by atoms with Crippen LogP contribution in [0.25, 0.3) is 5.53 Å². The van der Waals surface area contributed by atoms with Gasteiger partial charge in [-0.25, -0.2) is 9.59 Å². The van der Waals surface area contributed by atoms with E-state index < -0.39 is 23.8 Å². The maximum absolute atomic E-state index is 11.7. The SMILES string of the molecule is CCOC(=O)C(=[N+]=[N-])C(=O)OC(C)c1ccccc1. The van der Waals surface area contributed by atoms with Gasteiger partial charge in [0.25, 0.3) is 0 Å². The topological polar surface area (TPSA) is 89.0 Å². The summed E-state index contributed by atoms with van der Waals surface area (Å²) in [6.45, 7) is 3.29. The Bertz CT molecular complexity index is 507. The van der Waals surface area contributed by atoms with E-state index in [0.717, 1.165) is 5.56 Å². The lowest BCUT2D eigenvalue weighted by molar-refractivity contribution is -0.151. The lowest BCUT2D eigenvalue weighted by Crippen LogP contribution is -2.29. The van der Waals surface area contributed by atoms with E-state index >= 15 is 0 Å². The monoisotopic (exact) mass is 262 g/mol. The van der Waals surface area contributed by atoms with Crippen LogP contribution in [-0.4, -0.2) is 29.0 Å². The van der Waals surface area contributed by atoms with Crippen LogP contribution in [0.15, 0.2) is 30.3 Å². The standard InChI is InChI=1S/C13H14N2O4/c1-3-18-12(16)11(15-14)13(17)19-9(2)10-7-5-4-6-8-10/h4-9H,3H2,1-2H3.